The molecule has 0 bridgehead atoms. The summed E-state index contributed by atoms with van der Waals surface area (Å²) in [5.74, 6) is 0.718. The largest absolute Gasteiger partial charge is 0.459 e. The predicted octanol–water partition coefficient (Wildman–Crippen LogP) is 2.16. The first-order valence-electron chi connectivity index (χ1n) is 7.04. The fraction of sp³-hybridized carbons (Fsp3) is 0.438. The number of nitrogens with zero attached hydrogens (tertiary/aromatic N) is 2. The number of aryl methyl sites for hydroxylation is 2. The number of piperazine rings is 1. The monoisotopic (exact) mass is 272 g/mol. The molecule has 2 heterocycles. The number of benzene rings is 1. The van der Waals surface area contributed by atoms with Gasteiger partial charge in [0.1, 0.15) is 17.0 Å². The highest BCUT2D eigenvalue weighted by Crippen LogP contribution is 2.23. The quantitative estimate of drug-likeness (QED) is 0.797. The third kappa shape index (κ3) is 2.20. The molecule has 0 amide bonds. The Hall–Kier alpha value is -1.81. The molecule has 4 nitrogen and oxygen atoms in total. The first-order chi connectivity index (χ1) is 9.56. The molecule has 0 saturated carbocycles. The van der Waals surface area contributed by atoms with Crippen LogP contribution < -0.4 is 10.3 Å². The van der Waals surface area contributed by atoms with Gasteiger partial charge in [0.2, 0.25) is 5.43 Å². The van der Waals surface area contributed by atoms with Crippen LogP contribution in [0.15, 0.2) is 27.4 Å². The minimum atomic E-state index is 0.0944. The summed E-state index contributed by atoms with van der Waals surface area (Å²) >= 11 is 0. The van der Waals surface area contributed by atoms with Crippen LogP contribution >= 0.6 is 0 Å². The van der Waals surface area contributed by atoms with Crippen molar-refractivity contribution in [3.05, 3.63) is 39.7 Å². The Morgan fingerprint density at radius 1 is 1.10 bits per heavy atom. The van der Waals surface area contributed by atoms with E-state index in [-0.39, 0.29) is 5.43 Å². The lowest BCUT2D eigenvalue weighted by Gasteiger charge is -2.34. The zero-order chi connectivity index (χ0) is 14.3. The summed E-state index contributed by atoms with van der Waals surface area (Å²) in [5, 5.41) is 0.685. The molecule has 0 N–H and O–H groups in total. The standard InChI is InChI=1S/C16H20N2O2/c1-11-4-5-14-13(10-11)16(19)15(12(2)20-14)18-8-6-17(3)7-9-18/h4-5,10H,6-9H2,1-3H3. The smallest absolute Gasteiger partial charge is 0.216 e. The molecule has 0 unspecified atom stereocenters. The number of likely N-dealkylation sites (N-methyl/N-ethyl adjacent to an activating group) is 1. The van der Waals surface area contributed by atoms with Crippen LogP contribution in [0.3, 0.4) is 0 Å². The van der Waals surface area contributed by atoms with Crippen LogP contribution in [0.2, 0.25) is 0 Å². The molecule has 0 spiro atoms. The molecule has 20 heavy (non-hydrogen) atoms. The predicted molar refractivity (Wildman–Crippen MR) is 81.7 cm³/mol. The van der Waals surface area contributed by atoms with Crippen molar-refractivity contribution in [1.82, 2.24) is 4.90 Å². The fourth-order valence-corrected chi connectivity index (χ4v) is 2.81. The summed E-state index contributed by atoms with van der Waals surface area (Å²) in [5.41, 5.74) is 2.59. The molecule has 0 radical (unpaired) electrons. The molecule has 1 aromatic heterocycles. The van der Waals surface area contributed by atoms with Gasteiger partial charge in [-0.05, 0) is 33.0 Å². The van der Waals surface area contributed by atoms with E-state index in [1.807, 2.05) is 32.0 Å². The van der Waals surface area contributed by atoms with E-state index in [0.717, 1.165) is 43.2 Å². The molecule has 1 aliphatic rings. The van der Waals surface area contributed by atoms with Gasteiger partial charge >= 0.3 is 0 Å². The van der Waals surface area contributed by atoms with E-state index in [1.54, 1.807) is 0 Å². The Bertz CT molecular complexity index is 697. The molecule has 0 aliphatic carbocycles. The van der Waals surface area contributed by atoms with Gasteiger partial charge in [-0.15, -0.1) is 0 Å². The number of hydrogen-bond donors (Lipinski definition) is 0. The Morgan fingerprint density at radius 3 is 2.50 bits per heavy atom. The van der Waals surface area contributed by atoms with Crippen LogP contribution in [0.4, 0.5) is 5.69 Å². The molecular formula is C16H20N2O2. The van der Waals surface area contributed by atoms with E-state index in [0.29, 0.717) is 11.0 Å². The number of rotatable bonds is 1. The Labute approximate surface area is 118 Å². The lowest BCUT2D eigenvalue weighted by atomic mass is 10.1. The molecule has 1 saturated heterocycles. The van der Waals surface area contributed by atoms with Crippen LogP contribution in [-0.2, 0) is 0 Å². The van der Waals surface area contributed by atoms with Crippen molar-refractivity contribution in [2.75, 3.05) is 38.1 Å². The van der Waals surface area contributed by atoms with E-state index in [2.05, 4.69) is 16.8 Å². The number of fused-ring (bicyclic) bond motifs is 1. The van der Waals surface area contributed by atoms with Gasteiger partial charge in [0.25, 0.3) is 0 Å². The van der Waals surface area contributed by atoms with Gasteiger partial charge < -0.3 is 14.2 Å². The maximum atomic E-state index is 12.8. The van der Waals surface area contributed by atoms with Gasteiger partial charge in [0.05, 0.1) is 5.39 Å². The van der Waals surface area contributed by atoms with Crippen LogP contribution in [0.5, 0.6) is 0 Å². The zero-order valence-corrected chi connectivity index (χ0v) is 12.3. The maximum absolute atomic E-state index is 12.8. The van der Waals surface area contributed by atoms with Crippen LogP contribution in [0.25, 0.3) is 11.0 Å². The van der Waals surface area contributed by atoms with Gasteiger partial charge in [-0.2, -0.15) is 0 Å². The van der Waals surface area contributed by atoms with E-state index in [4.69, 9.17) is 4.42 Å². The lowest BCUT2D eigenvalue weighted by Crippen LogP contribution is -2.46. The summed E-state index contributed by atoms with van der Waals surface area (Å²) < 4.78 is 5.85. The summed E-state index contributed by atoms with van der Waals surface area (Å²) in [6.45, 7) is 7.58. The van der Waals surface area contributed by atoms with Crippen molar-refractivity contribution in [2.45, 2.75) is 13.8 Å². The lowest BCUT2D eigenvalue weighted by molar-refractivity contribution is 0.311. The van der Waals surface area contributed by atoms with Gasteiger partial charge in [0, 0.05) is 26.2 Å². The number of hydrogen-bond acceptors (Lipinski definition) is 4. The third-order valence-corrected chi connectivity index (χ3v) is 4.01. The van der Waals surface area contributed by atoms with Gasteiger partial charge in [0.15, 0.2) is 0 Å². The van der Waals surface area contributed by atoms with E-state index in [9.17, 15) is 4.79 Å². The molecule has 3 rings (SSSR count). The average molecular weight is 272 g/mol. The normalized spacial score (nSPS) is 16.9. The van der Waals surface area contributed by atoms with Crippen LogP contribution in [-0.4, -0.2) is 38.1 Å². The van der Waals surface area contributed by atoms with Crippen molar-refractivity contribution in [3.8, 4) is 0 Å². The third-order valence-electron chi connectivity index (χ3n) is 4.01. The van der Waals surface area contributed by atoms with Gasteiger partial charge in [-0.3, -0.25) is 4.79 Å². The summed E-state index contributed by atoms with van der Waals surface area (Å²) in [4.78, 5) is 17.2. The van der Waals surface area contributed by atoms with Crippen molar-refractivity contribution >= 4 is 16.7 Å². The summed E-state index contributed by atoms with van der Waals surface area (Å²) in [6.07, 6.45) is 0. The second kappa shape index (κ2) is 4.94. The SMILES string of the molecule is Cc1ccc2oc(C)c(N3CCN(C)CC3)c(=O)c2c1. The first kappa shape index (κ1) is 13.2. The summed E-state index contributed by atoms with van der Waals surface area (Å²) in [6, 6.07) is 5.77. The highest BCUT2D eigenvalue weighted by molar-refractivity contribution is 5.81. The van der Waals surface area contributed by atoms with Gasteiger partial charge in [-0.1, -0.05) is 11.6 Å². The summed E-state index contributed by atoms with van der Waals surface area (Å²) in [7, 11) is 2.11. The molecule has 0 atom stereocenters. The van der Waals surface area contributed by atoms with Crippen LogP contribution in [0.1, 0.15) is 11.3 Å². The first-order valence-corrected chi connectivity index (χ1v) is 7.04. The molecule has 1 aliphatic heterocycles. The average Bonchev–Trinajstić information content (AvgIpc) is 2.42. The minimum Gasteiger partial charge on any atom is -0.459 e. The molecule has 2 aromatic rings. The highest BCUT2D eigenvalue weighted by atomic mass is 16.3. The number of anilines is 1. The molecule has 1 fully saturated rings. The molecular weight excluding hydrogens is 252 g/mol. The Morgan fingerprint density at radius 2 is 1.80 bits per heavy atom. The van der Waals surface area contributed by atoms with Crippen molar-refractivity contribution in [3.63, 3.8) is 0 Å². The topological polar surface area (TPSA) is 36.7 Å². The molecule has 4 heteroatoms. The van der Waals surface area contributed by atoms with E-state index >= 15 is 0 Å². The van der Waals surface area contributed by atoms with E-state index in [1.165, 1.54) is 0 Å². The Balaban J connectivity index is 2.13. The highest BCUT2D eigenvalue weighted by Gasteiger charge is 2.21. The maximum Gasteiger partial charge on any atom is 0.216 e. The Kier molecular flexibility index (Phi) is 3.26. The molecule has 106 valence electrons. The van der Waals surface area contributed by atoms with Gasteiger partial charge in [-0.25, -0.2) is 0 Å². The van der Waals surface area contributed by atoms with E-state index < -0.39 is 0 Å². The second-order valence-electron chi connectivity index (χ2n) is 5.63. The fourth-order valence-electron chi connectivity index (χ4n) is 2.81. The van der Waals surface area contributed by atoms with Crippen molar-refractivity contribution in [2.24, 2.45) is 0 Å². The van der Waals surface area contributed by atoms with Crippen LogP contribution in [0, 0.1) is 13.8 Å². The second-order valence-corrected chi connectivity index (χ2v) is 5.63. The van der Waals surface area contributed by atoms with Crippen molar-refractivity contribution < 1.29 is 4.42 Å². The van der Waals surface area contributed by atoms with Crippen molar-refractivity contribution in [1.29, 1.82) is 0 Å². The minimum absolute atomic E-state index is 0.0944. The zero-order valence-electron chi connectivity index (χ0n) is 12.3. The molecule has 1 aromatic carbocycles.